The van der Waals surface area contributed by atoms with E-state index in [1.807, 2.05) is 0 Å². The van der Waals surface area contributed by atoms with E-state index in [9.17, 15) is 9.59 Å². The van der Waals surface area contributed by atoms with Crippen LogP contribution in [0.15, 0.2) is 0 Å². The molecule has 0 spiro atoms. The summed E-state index contributed by atoms with van der Waals surface area (Å²) in [5.41, 5.74) is 0. The molecule has 0 unspecified atom stereocenters. The van der Waals surface area contributed by atoms with Crippen molar-refractivity contribution in [1.29, 1.82) is 0 Å². The molecular weight excluding hydrogens is 184 g/mol. The Labute approximate surface area is 70.9 Å². The van der Waals surface area contributed by atoms with Gasteiger partial charge < -0.3 is 17.7 Å². The molecule has 0 atom stereocenters. The molecule has 70 valence electrons. The van der Waals surface area contributed by atoms with Crippen LogP contribution in [0.4, 0.5) is 0 Å². The van der Waals surface area contributed by atoms with Gasteiger partial charge in [0.2, 0.25) is 6.29 Å². The molecule has 0 aromatic rings. The monoisotopic (exact) mass is 194 g/mol. The lowest BCUT2D eigenvalue weighted by atomic mass is 10.8. The van der Waals surface area contributed by atoms with Gasteiger partial charge >= 0.3 is 15.0 Å². The van der Waals surface area contributed by atoms with Crippen molar-refractivity contribution in [2.75, 3.05) is 21.3 Å². The second-order valence-electron chi connectivity index (χ2n) is 1.65. The van der Waals surface area contributed by atoms with E-state index in [0.717, 1.165) is 0 Å². The second-order valence-corrected chi connectivity index (χ2v) is 4.08. The summed E-state index contributed by atoms with van der Waals surface area (Å²) in [5, 5.41) is 0. The van der Waals surface area contributed by atoms with Crippen LogP contribution < -0.4 is 0 Å². The molecule has 0 radical (unpaired) electrons. The van der Waals surface area contributed by atoms with Crippen molar-refractivity contribution < 1.29 is 27.3 Å². The fraction of sp³-hybridized carbons (Fsp3) is 0.600. The molecule has 0 saturated carbocycles. The number of rotatable bonds is 5. The Hall–Kier alpha value is -0.763. The fourth-order valence-corrected chi connectivity index (χ4v) is 1.57. The molecule has 0 aliphatic heterocycles. The molecule has 0 amide bonds. The van der Waals surface area contributed by atoms with Gasteiger partial charge in [-0.3, -0.25) is 4.79 Å². The highest BCUT2D eigenvalue weighted by molar-refractivity contribution is 6.57. The molecule has 0 rings (SSSR count). The number of hydrogen-bond acceptors (Lipinski definition) is 6. The summed E-state index contributed by atoms with van der Waals surface area (Å²) >= 11 is 0. The molecule has 12 heavy (non-hydrogen) atoms. The lowest BCUT2D eigenvalue weighted by Crippen LogP contribution is -2.48. The van der Waals surface area contributed by atoms with Gasteiger partial charge in [0.15, 0.2) is 0 Å². The average molecular weight is 194 g/mol. The van der Waals surface area contributed by atoms with Gasteiger partial charge in [-0.1, -0.05) is 0 Å². The zero-order valence-corrected chi connectivity index (χ0v) is 8.03. The van der Waals surface area contributed by atoms with E-state index in [2.05, 4.69) is 4.43 Å². The maximum absolute atomic E-state index is 10.5. The van der Waals surface area contributed by atoms with Gasteiger partial charge in [-0.2, -0.15) is 0 Å². The van der Waals surface area contributed by atoms with Gasteiger partial charge in [0, 0.05) is 21.3 Å². The third-order valence-corrected chi connectivity index (χ3v) is 3.02. The Balaban J connectivity index is 4.29. The van der Waals surface area contributed by atoms with Crippen LogP contribution in [0.25, 0.3) is 0 Å². The maximum Gasteiger partial charge on any atom is 0.751 e. The normalized spacial score (nSPS) is 10.9. The maximum atomic E-state index is 10.5. The lowest BCUT2D eigenvalue weighted by Gasteiger charge is -2.20. The summed E-state index contributed by atoms with van der Waals surface area (Å²) < 4.78 is 18.6. The van der Waals surface area contributed by atoms with Gasteiger partial charge in [-0.25, -0.2) is 4.79 Å². The Morgan fingerprint density at radius 1 is 1.17 bits per heavy atom. The van der Waals surface area contributed by atoms with E-state index >= 15 is 0 Å². The predicted molar refractivity (Wildman–Crippen MR) is 38.9 cm³/mol. The SMILES string of the molecule is CO[Si](OC)(OC)OC(=O)C=O. The molecule has 0 N–H and O–H groups in total. The van der Waals surface area contributed by atoms with Crippen LogP contribution >= 0.6 is 0 Å². The van der Waals surface area contributed by atoms with Crippen LogP contribution in [0.5, 0.6) is 0 Å². The first-order valence-corrected chi connectivity index (χ1v) is 4.61. The van der Waals surface area contributed by atoms with Crippen LogP contribution in [0.2, 0.25) is 0 Å². The van der Waals surface area contributed by atoms with Crippen molar-refractivity contribution in [3.05, 3.63) is 0 Å². The largest absolute Gasteiger partial charge is 0.751 e. The summed E-state index contributed by atoms with van der Waals surface area (Å²) in [6.07, 6.45) is 0.0127. The summed E-state index contributed by atoms with van der Waals surface area (Å²) in [4.78, 5) is 20.4. The fourth-order valence-electron chi connectivity index (χ4n) is 0.522. The van der Waals surface area contributed by atoms with E-state index in [1.165, 1.54) is 21.3 Å². The molecule has 0 aromatic carbocycles. The molecule has 7 heteroatoms. The van der Waals surface area contributed by atoms with Gasteiger partial charge in [0.25, 0.3) is 0 Å². The standard InChI is InChI=1S/C5H10O6Si/c1-8-12(9-2,10-3)11-5(7)4-6/h4H,1-3H3. The molecule has 0 aliphatic rings. The number of hydrogen-bond donors (Lipinski definition) is 0. The number of aldehydes is 1. The van der Waals surface area contributed by atoms with Crippen molar-refractivity contribution in [1.82, 2.24) is 0 Å². The first-order chi connectivity index (χ1) is 5.64. The van der Waals surface area contributed by atoms with E-state index in [4.69, 9.17) is 13.3 Å². The highest BCUT2D eigenvalue weighted by atomic mass is 28.4. The van der Waals surface area contributed by atoms with Gasteiger partial charge in [-0.15, -0.1) is 0 Å². The molecule has 6 nitrogen and oxygen atoms in total. The van der Waals surface area contributed by atoms with Crippen molar-refractivity contribution in [2.45, 2.75) is 0 Å². The van der Waals surface area contributed by atoms with Gasteiger partial charge in [-0.05, 0) is 0 Å². The minimum atomic E-state index is -3.38. The first kappa shape index (κ1) is 11.2. The highest BCUT2D eigenvalue weighted by Crippen LogP contribution is 2.06. The molecular formula is C5H10O6Si. The molecule has 0 aromatic heterocycles. The lowest BCUT2D eigenvalue weighted by molar-refractivity contribution is -0.148. The zero-order chi connectivity index (χ0) is 9.61. The Morgan fingerprint density at radius 3 is 1.83 bits per heavy atom. The first-order valence-electron chi connectivity index (χ1n) is 2.97. The molecule has 0 heterocycles. The number of carbonyl (C=O) groups excluding carboxylic acids is 2. The summed E-state index contributed by atoms with van der Waals surface area (Å²) in [6.45, 7) is 0. The quantitative estimate of drug-likeness (QED) is 0.321. The van der Waals surface area contributed by atoms with Crippen LogP contribution in [-0.4, -0.2) is 42.6 Å². The van der Waals surface area contributed by atoms with Crippen molar-refractivity contribution in [2.24, 2.45) is 0 Å². The smallest absolute Gasteiger partial charge is 0.446 e. The van der Waals surface area contributed by atoms with Crippen LogP contribution in [0, 0.1) is 0 Å². The summed E-state index contributed by atoms with van der Waals surface area (Å²) in [5.74, 6) is -1.08. The molecule has 0 saturated heterocycles. The van der Waals surface area contributed by atoms with E-state index in [1.54, 1.807) is 0 Å². The predicted octanol–water partition coefficient (Wildman–Crippen LogP) is -0.897. The van der Waals surface area contributed by atoms with E-state index in [-0.39, 0.29) is 6.29 Å². The third-order valence-electron chi connectivity index (χ3n) is 1.07. The third kappa shape index (κ3) is 2.70. The van der Waals surface area contributed by atoms with E-state index in [0.29, 0.717) is 0 Å². The average Bonchev–Trinajstić information content (AvgIpc) is 2.14. The Kier molecular flexibility index (Phi) is 4.67. The topological polar surface area (TPSA) is 71.1 Å². The zero-order valence-electron chi connectivity index (χ0n) is 7.03. The highest BCUT2D eigenvalue weighted by Gasteiger charge is 2.46. The summed E-state index contributed by atoms with van der Waals surface area (Å²) in [6, 6.07) is 0. The minimum absolute atomic E-state index is 0.0127. The van der Waals surface area contributed by atoms with Crippen molar-refractivity contribution >= 4 is 21.3 Å². The Bertz CT molecular complexity index is 157. The van der Waals surface area contributed by atoms with Crippen molar-refractivity contribution in [3.63, 3.8) is 0 Å². The van der Waals surface area contributed by atoms with Crippen LogP contribution in [0.1, 0.15) is 0 Å². The molecule has 0 bridgehead atoms. The van der Waals surface area contributed by atoms with Crippen LogP contribution in [0.3, 0.4) is 0 Å². The van der Waals surface area contributed by atoms with Crippen molar-refractivity contribution in [3.8, 4) is 0 Å². The van der Waals surface area contributed by atoms with Gasteiger partial charge in [0.05, 0.1) is 0 Å². The molecule has 0 fully saturated rings. The molecule has 0 aliphatic carbocycles. The van der Waals surface area contributed by atoms with Gasteiger partial charge in [0.1, 0.15) is 0 Å². The second kappa shape index (κ2) is 4.98. The van der Waals surface area contributed by atoms with E-state index < -0.39 is 15.0 Å². The number of carbonyl (C=O) groups is 2. The minimum Gasteiger partial charge on any atom is -0.446 e. The van der Waals surface area contributed by atoms with Crippen LogP contribution in [-0.2, 0) is 27.3 Å². The Morgan fingerprint density at radius 2 is 1.58 bits per heavy atom. The summed E-state index contributed by atoms with van der Waals surface area (Å²) in [7, 11) is 0.401.